The molecular weight excluding hydrogens is 250 g/mol. The van der Waals surface area contributed by atoms with Crippen LogP contribution >= 0.6 is 0 Å². The molecule has 0 aliphatic rings. The Morgan fingerprint density at radius 2 is 2.05 bits per heavy atom. The van der Waals surface area contributed by atoms with E-state index in [1.54, 1.807) is 6.33 Å². The van der Waals surface area contributed by atoms with Crippen LogP contribution in [-0.4, -0.2) is 25.9 Å². The summed E-state index contributed by atoms with van der Waals surface area (Å²) in [7, 11) is 0. The van der Waals surface area contributed by atoms with Gasteiger partial charge in [-0.05, 0) is 38.4 Å². The minimum atomic E-state index is 0.338. The van der Waals surface area contributed by atoms with Crippen LogP contribution < -0.4 is 5.32 Å². The Hall–Kier alpha value is -1.62. The van der Waals surface area contributed by atoms with Gasteiger partial charge in [0, 0.05) is 24.5 Å². The molecule has 0 spiro atoms. The quantitative estimate of drug-likeness (QED) is 0.844. The largest absolute Gasteiger partial charge is 0.343 e. The standard InChI is InChI=1S/C15H25N5/c1-12(2)8-16-9-14-6-5-7-19(14)10-15-17-11-18-20(15)13(3)4/h5-7,11-13,16H,8-10H2,1-4H3. The summed E-state index contributed by atoms with van der Waals surface area (Å²) in [5.74, 6) is 1.67. The van der Waals surface area contributed by atoms with E-state index in [4.69, 9.17) is 0 Å². The van der Waals surface area contributed by atoms with Crippen LogP contribution in [0.5, 0.6) is 0 Å². The van der Waals surface area contributed by atoms with Crippen molar-refractivity contribution < 1.29 is 0 Å². The SMILES string of the molecule is CC(C)CNCc1cccn1Cc1ncnn1C(C)C. The topological polar surface area (TPSA) is 47.7 Å². The lowest BCUT2D eigenvalue weighted by atomic mass is 10.2. The fourth-order valence-electron chi connectivity index (χ4n) is 2.22. The molecule has 0 fully saturated rings. The highest BCUT2D eigenvalue weighted by Crippen LogP contribution is 2.10. The molecule has 2 heterocycles. The van der Waals surface area contributed by atoms with Crippen molar-refractivity contribution in [3.63, 3.8) is 0 Å². The Bertz CT molecular complexity index is 524. The van der Waals surface area contributed by atoms with Crippen molar-refractivity contribution in [1.29, 1.82) is 0 Å². The highest BCUT2D eigenvalue weighted by atomic mass is 15.4. The van der Waals surface area contributed by atoms with E-state index in [-0.39, 0.29) is 0 Å². The first-order chi connectivity index (χ1) is 9.58. The van der Waals surface area contributed by atoms with Crippen LogP contribution in [0.4, 0.5) is 0 Å². The van der Waals surface area contributed by atoms with E-state index in [1.807, 2.05) is 4.68 Å². The fraction of sp³-hybridized carbons (Fsp3) is 0.600. The zero-order valence-corrected chi connectivity index (χ0v) is 12.9. The second-order valence-corrected chi connectivity index (χ2v) is 5.87. The second kappa shape index (κ2) is 6.70. The minimum absolute atomic E-state index is 0.338. The van der Waals surface area contributed by atoms with Crippen molar-refractivity contribution in [3.05, 3.63) is 36.2 Å². The monoisotopic (exact) mass is 275 g/mol. The highest BCUT2D eigenvalue weighted by Gasteiger charge is 2.09. The number of rotatable bonds is 7. The molecular formula is C15H25N5. The van der Waals surface area contributed by atoms with Crippen LogP contribution in [0.25, 0.3) is 0 Å². The summed E-state index contributed by atoms with van der Waals surface area (Å²) in [6, 6.07) is 4.58. The maximum atomic E-state index is 4.37. The lowest BCUT2D eigenvalue weighted by Gasteiger charge is -2.13. The summed E-state index contributed by atoms with van der Waals surface area (Å²) in [6.45, 7) is 11.4. The molecule has 0 aliphatic carbocycles. The van der Waals surface area contributed by atoms with E-state index in [9.17, 15) is 0 Å². The first kappa shape index (κ1) is 14.8. The lowest BCUT2D eigenvalue weighted by molar-refractivity contribution is 0.489. The van der Waals surface area contributed by atoms with Crippen LogP contribution in [0.2, 0.25) is 0 Å². The van der Waals surface area contributed by atoms with E-state index in [2.05, 4.69) is 66.0 Å². The van der Waals surface area contributed by atoms with Gasteiger partial charge < -0.3 is 9.88 Å². The molecule has 0 amide bonds. The highest BCUT2D eigenvalue weighted by molar-refractivity contribution is 5.09. The third kappa shape index (κ3) is 3.70. The Morgan fingerprint density at radius 1 is 1.25 bits per heavy atom. The summed E-state index contributed by atoms with van der Waals surface area (Å²) in [4.78, 5) is 4.37. The molecule has 0 bridgehead atoms. The molecule has 0 saturated carbocycles. The van der Waals surface area contributed by atoms with Gasteiger partial charge in [0.05, 0.1) is 6.54 Å². The molecule has 2 aromatic rings. The smallest absolute Gasteiger partial charge is 0.147 e. The first-order valence-electron chi connectivity index (χ1n) is 7.31. The average Bonchev–Trinajstić information content (AvgIpc) is 2.99. The number of hydrogen-bond donors (Lipinski definition) is 1. The van der Waals surface area contributed by atoms with Crippen molar-refractivity contribution in [2.75, 3.05) is 6.54 Å². The van der Waals surface area contributed by atoms with Gasteiger partial charge in [-0.3, -0.25) is 0 Å². The van der Waals surface area contributed by atoms with Gasteiger partial charge in [-0.1, -0.05) is 13.8 Å². The normalized spacial score (nSPS) is 11.7. The Balaban J connectivity index is 2.03. The van der Waals surface area contributed by atoms with Gasteiger partial charge in [-0.2, -0.15) is 5.10 Å². The molecule has 0 radical (unpaired) electrons. The summed E-state index contributed by atoms with van der Waals surface area (Å²) in [6.07, 6.45) is 3.74. The summed E-state index contributed by atoms with van der Waals surface area (Å²) in [5.41, 5.74) is 1.28. The molecule has 2 rings (SSSR count). The molecule has 5 nitrogen and oxygen atoms in total. The van der Waals surface area contributed by atoms with Gasteiger partial charge in [0.15, 0.2) is 0 Å². The molecule has 5 heteroatoms. The van der Waals surface area contributed by atoms with Gasteiger partial charge in [0.1, 0.15) is 12.2 Å². The van der Waals surface area contributed by atoms with E-state index in [0.29, 0.717) is 12.0 Å². The number of hydrogen-bond acceptors (Lipinski definition) is 3. The average molecular weight is 275 g/mol. The Morgan fingerprint density at radius 3 is 2.75 bits per heavy atom. The van der Waals surface area contributed by atoms with E-state index in [0.717, 1.165) is 25.5 Å². The maximum Gasteiger partial charge on any atom is 0.147 e. The van der Waals surface area contributed by atoms with Crippen LogP contribution in [-0.2, 0) is 13.1 Å². The second-order valence-electron chi connectivity index (χ2n) is 5.87. The number of nitrogens with zero attached hydrogens (tertiary/aromatic N) is 4. The van der Waals surface area contributed by atoms with Crippen LogP contribution in [0.3, 0.4) is 0 Å². The van der Waals surface area contributed by atoms with Crippen LogP contribution in [0.1, 0.15) is 45.3 Å². The van der Waals surface area contributed by atoms with Crippen molar-refractivity contribution in [3.8, 4) is 0 Å². The third-order valence-corrected chi connectivity index (χ3v) is 3.23. The minimum Gasteiger partial charge on any atom is -0.343 e. The van der Waals surface area contributed by atoms with Crippen LogP contribution in [0, 0.1) is 5.92 Å². The summed E-state index contributed by atoms with van der Waals surface area (Å²) in [5, 5.41) is 7.77. The molecule has 0 unspecified atom stereocenters. The van der Waals surface area contributed by atoms with Crippen molar-refractivity contribution in [1.82, 2.24) is 24.6 Å². The molecule has 2 aromatic heterocycles. The number of aromatic nitrogens is 4. The lowest BCUT2D eigenvalue weighted by Crippen LogP contribution is -2.21. The van der Waals surface area contributed by atoms with Gasteiger partial charge >= 0.3 is 0 Å². The Labute approximate surface area is 121 Å². The summed E-state index contributed by atoms with van der Waals surface area (Å²) < 4.78 is 4.21. The maximum absolute atomic E-state index is 4.37. The predicted octanol–water partition coefficient (Wildman–Crippen LogP) is 2.45. The zero-order valence-electron chi connectivity index (χ0n) is 12.9. The molecule has 0 saturated heterocycles. The molecule has 0 aliphatic heterocycles. The predicted molar refractivity (Wildman–Crippen MR) is 80.5 cm³/mol. The van der Waals surface area contributed by atoms with Gasteiger partial charge in [-0.15, -0.1) is 0 Å². The summed E-state index contributed by atoms with van der Waals surface area (Å²) >= 11 is 0. The van der Waals surface area contributed by atoms with Crippen LogP contribution in [0.15, 0.2) is 24.7 Å². The van der Waals surface area contributed by atoms with E-state index in [1.165, 1.54) is 5.69 Å². The Kier molecular flexibility index (Phi) is 4.95. The number of nitrogens with one attached hydrogen (secondary N) is 1. The molecule has 0 aromatic carbocycles. The van der Waals surface area contributed by atoms with Crippen molar-refractivity contribution in [2.45, 2.75) is 46.8 Å². The van der Waals surface area contributed by atoms with Gasteiger partial charge in [0.2, 0.25) is 0 Å². The molecule has 1 N–H and O–H groups in total. The zero-order chi connectivity index (χ0) is 14.5. The third-order valence-electron chi connectivity index (χ3n) is 3.23. The fourth-order valence-corrected chi connectivity index (χ4v) is 2.22. The van der Waals surface area contributed by atoms with Crippen molar-refractivity contribution >= 4 is 0 Å². The van der Waals surface area contributed by atoms with Crippen molar-refractivity contribution in [2.24, 2.45) is 5.92 Å². The molecule has 0 atom stereocenters. The van der Waals surface area contributed by atoms with Gasteiger partial charge in [-0.25, -0.2) is 9.67 Å². The van der Waals surface area contributed by atoms with E-state index < -0.39 is 0 Å². The molecule has 20 heavy (non-hydrogen) atoms. The first-order valence-corrected chi connectivity index (χ1v) is 7.31. The molecule has 110 valence electrons. The van der Waals surface area contributed by atoms with Gasteiger partial charge in [0.25, 0.3) is 0 Å². The van der Waals surface area contributed by atoms with E-state index >= 15 is 0 Å².